The summed E-state index contributed by atoms with van der Waals surface area (Å²) in [6.07, 6.45) is 4.39. The molecule has 0 bridgehead atoms. The molecule has 0 amide bonds. The van der Waals surface area contributed by atoms with Gasteiger partial charge in [-0.05, 0) is 37.6 Å². The van der Waals surface area contributed by atoms with Gasteiger partial charge < -0.3 is 4.42 Å². The lowest BCUT2D eigenvalue weighted by Crippen LogP contribution is -1.86. The Hall–Kier alpha value is -2.56. The third kappa shape index (κ3) is 2.42. The van der Waals surface area contributed by atoms with Crippen LogP contribution in [-0.4, -0.2) is 20.2 Å². The van der Waals surface area contributed by atoms with Crippen LogP contribution < -0.4 is 0 Å². The van der Waals surface area contributed by atoms with E-state index in [2.05, 4.69) is 27.1 Å². The number of aryl methyl sites for hydroxylation is 2. The van der Waals surface area contributed by atoms with E-state index in [1.165, 1.54) is 0 Å². The van der Waals surface area contributed by atoms with E-state index < -0.39 is 0 Å². The highest BCUT2D eigenvalue weighted by Gasteiger charge is 2.10. The van der Waals surface area contributed by atoms with E-state index in [1.807, 2.05) is 31.2 Å². The predicted molar refractivity (Wildman–Crippen MR) is 74.9 cm³/mol. The largest absolute Gasteiger partial charge is 0.416 e. The molecule has 0 spiro atoms. The quantitative estimate of drug-likeness (QED) is 0.729. The molecular weight excluding hydrogens is 252 g/mol. The van der Waals surface area contributed by atoms with Crippen LogP contribution in [0.3, 0.4) is 0 Å². The Bertz CT molecular complexity index is 701. The summed E-state index contributed by atoms with van der Waals surface area (Å²) in [5, 5.41) is 8.11. The number of aromatic nitrogens is 4. The van der Waals surface area contributed by atoms with E-state index in [1.54, 1.807) is 12.4 Å². The van der Waals surface area contributed by atoms with Crippen LogP contribution in [0.25, 0.3) is 22.9 Å². The van der Waals surface area contributed by atoms with Gasteiger partial charge in [-0.2, -0.15) is 0 Å². The maximum atomic E-state index is 5.67. The number of nitrogens with zero attached hydrogens (tertiary/aromatic N) is 4. The molecule has 0 aromatic carbocycles. The van der Waals surface area contributed by atoms with Gasteiger partial charge in [0.2, 0.25) is 11.8 Å². The predicted octanol–water partition coefficient (Wildman–Crippen LogP) is 3.06. The Morgan fingerprint density at radius 2 is 1.55 bits per heavy atom. The Kier molecular flexibility index (Phi) is 3.25. The molecule has 100 valence electrons. The van der Waals surface area contributed by atoms with Gasteiger partial charge >= 0.3 is 0 Å². The molecule has 0 N–H and O–H groups in total. The average molecular weight is 266 g/mol. The fourth-order valence-corrected chi connectivity index (χ4v) is 1.81. The molecule has 0 unspecified atom stereocenters. The summed E-state index contributed by atoms with van der Waals surface area (Å²) < 4.78 is 5.67. The minimum Gasteiger partial charge on any atom is -0.416 e. The third-order valence-corrected chi connectivity index (χ3v) is 3.02. The van der Waals surface area contributed by atoms with Crippen molar-refractivity contribution in [1.29, 1.82) is 0 Å². The molecule has 0 atom stereocenters. The van der Waals surface area contributed by atoms with E-state index >= 15 is 0 Å². The Labute approximate surface area is 116 Å². The van der Waals surface area contributed by atoms with Gasteiger partial charge in [-0.3, -0.25) is 9.97 Å². The van der Waals surface area contributed by atoms with Gasteiger partial charge in [0.05, 0.1) is 11.1 Å². The molecule has 0 aliphatic heterocycles. The SMILES string of the molecule is CCc1ccc(-c2nnc(-c3ccc(C)nc3)o2)cn1. The second-order valence-corrected chi connectivity index (χ2v) is 4.49. The van der Waals surface area contributed by atoms with E-state index in [9.17, 15) is 0 Å². The van der Waals surface area contributed by atoms with E-state index in [4.69, 9.17) is 4.42 Å². The van der Waals surface area contributed by atoms with Crippen LogP contribution in [0.1, 0.15) is 18.3 Å². The maximum absolute atomic E-state index is 5.67. The number of hydrogen-bond acceptors (Lipinski definition) is 5. The molecule has 3 aromatic heterocycles. The van der Waals surface area contributed by atoms with Crippen LogP contribution in [0.4, 0.5) is 0 Å². The summed E-state index contributed by atoms with van der Waals surface area (Å²) in [6, 6.07) is 7.73. The van der Waals surface area contributed by atoms with Crippen molar-refractivity contribution >= 4 is 0 Å². The number of rotatable bonds is 3. The molecule has 0 aliphatic rings. The lowest BCUT2D eigenvalue weighted by Gasteiger charge is -1.97. The monoisotopic (exact) mass is 266 g/mol. The summed E-state index contributed by atoms with van der Waals surface area (Å²) in [4.78, 5) is 8.55. The lowest BCUT2D eigenvalue weighted by atomic mass is 10.2. The van der Waals surface area contributed by atoms with Crippen LogP contribution in [0.5, 0.6) is 0 Å². The highest BCUT2D eigenvalue weighted by molar-refractivity contribution is 5.56. The first-order valence-electron chi connectivity index (χ1n) is 6.48. The van der Waals surface area contributed by atoms with E-state index in [0.717, 1.165) is 28.9 Å². The van der Waals surface area contributed by atoms with Gasteiger partial charge in [-0.25, -0.2) is 0 Å². The van der Waals surface area contributed by atoms with Gasteiger partial charge in [0.15, 0.2) is 0 Å². The van der Waals surface area contributed by atoms with E-state index in [-0.39, 0.29) is 0 Å². The maximum Gasteiger partial charge on any atom is 0.249 e. The van der Waals surface area contributed by atoms with Crippen molar-refractivity contribution in [2.75, 3.05) is 0 Å². The zero-order valence-electron chi connectivity index (χ0n) is 11.4. The second kappa shape index (κ2) is 5.21. The molecule has 3 aromatic rings. The first-order valence-corrected chi connectivity index (χ1v) is 6.48. The average Bonchev–Trinajstić information content (AvgIpc) is 2.98. The Balaban J connectivity index is 1.91. The molecule has 5 nitrogen and oxygen atoms in total. The van der Waals surface area contributed by atoms with Crippen LogP contribution in [-0.2, 0) is 6.42 Å². The van der Waals surface area contributed by atoms with Crippen LogP contribution >= 0.6 is 0 Å². The fraction of sp³-hybridized carbons (Fsp3) is 0.200. The molecule has 0 radical (unpaired) electrons. The summed E-state index contributed by atoms with van der Waals surface area (Å²) in [7, 11) is 0. The third-order valence-electron chi connectivity index (χ3n) is 3.02. The van der Waals surface area contributed by atoms with Crippen molar-refractivity contribution in [3.8, 4) is 22.9 Å². The summed E-state index contributed by atoms with van der Waals surface area (Å²) in [5.74, 6) is 0.933. The first kappa shape index (κ1) is 12.5. The molecule has 3 heterocycles. The highest BCUT2D eigenvalue weighted by atomic mass is 16.4. The number of hydrogen-bond donors (Lipinski definition) is 0. The van der Waals surface area contributed by atoms with Gasteiger partial charge in [0.25, 0.3) is 0 Å². The minimum atomic E-state index is 0.465. The summed E-state index contributed by atoms with van der Waals surface area (Å²) >= 11 is 0. The van der Waals surface area contributed by atoms with E-state index in [0.29, 0.717) is 11.8 Å². The normalized spacial score (nSPS) is 10.7. The molecule has 5 heteroatoms. The van der Waals surface area contributed by atoms with Crippen molar-refractivity contribution in [2.45, 2.75) is 20.3 Å². The Morgan fingerprint density at radius 3 is 2.05 bits per heavy atom. The molecule has 20 heavy (non-hydrogen) atoms. The lowest BCUT2D eigenvalue weighted by molar-refractivity contribution is 0.584. The van der Waals surface area contributed by atoms with Gasteiger partial charge in [0, 0.05) is 23.8 Å². The smallest absolute Gasteiger partial charge is 0.249 e. The number of pyridine rings is 2. The topological polar surface area (TPSA) is 64.7 Å². The van der Waals surface area contributed by atoms with Gasteiger partial charge in [-0.1, -0.05) is 6.92 Å². The molecule has 3 rings (SSSR count). The van der Waals surface area contributed by atoms with Crippen LogP contribution in [0.2, 0.25) is 0 Å². The molecule has 0 aliphatic carbocycles. The first-order chi connectivity index (χ1) is 9.76. The van der Waals surface area contributed by atoms with Crippen molar-refractivity contribution in [3.63, 3.8) is 0 Å². The zero-order chi connectivity index (χ0) is 13.9. The van der Waals surface area contributed by atoms with Crippen molar-refractivity contribution in [2.24, 2.45) is 0 Å². The standard InChI is InChI=1S/C15H14N4O/c1-3-13-7-6-12(9-17-13)15-19-18-14(20-15)11-5-4-10(2)16-8-11/h4-9H,3H2,1-2H3. The highest BCUT2D eigenvalue weighted by Crippen LogP contribution is 2.23. The van der Waals surface area contributed by atoms with Crippen LogP contribution in [0.15, 0.2) is 41.1 Å². The second-order valence-electron chi connectivity index (χ2n) is 4.49. The molecule has 0 saturated heterocycles. The minimum absolute atomic E-state index is 0.465. The van der Waals surface area contributed by atoms with Crippen molar-refractivity contribution in [1.82, 2.24) is 20.2 Å². The van der Waals surface area contributed by atoms with Crippen molar-refractivity contribution < 1.29 is 4.42 Å². The summed E-state index contributed by atoms with van der Waals surface area (Å²) in [5.41, 5.74) is 3.62. The summed E-state index contributed by atoms with van der Waals surface area (Å²) in [6.45, 7) is 4.00. The van der Waals surface area contributed by atoms with Gasteiger partial charge in [0.1, 0.15) is 0 Å². The fourth-order valence-electron chi connectivity index (χ4n) is 1.81. The van der Waals surface area contributed by atoms with Crippen LogP contribution in [0, 0.1) is 6.92 Å². The molecular formula is C15H14N4O. The molecule has 0 fully saturated rings. The zero-order valence-corrected chi connectivity index (χ0v) is 11.4. The van der Waals surface area contributed by atoms with Gasteiger partial charge in [-0.15, -0.1) is 10.2 Å². The molecule has 0 saturated carbocycles. The van der Waals surface area contributed by atoms with Crippen molar-refractivity contribution in [3.05, 3.63) is 48.0 Å². The Morgan fingerprint density at radius 1 is 0.900 bits per heavy atom.